The van der Waals surface area contributed by atoms with Gasteiger partial charge in [-0.2, -0.15) is 0 Å². The molecule has 1 fully saturated rings. The summed E-state index contributed by atoms with van der Waals surface area (Å²) in [5, 5.41) is 7.06. The molecule has 1 heterocycles. The molecule has 0 aliphatic carbocycles. The number of nitrogens with one attached hydrogen (secondary N) is 2. The molecule has 4 rings (SSSR count). The number of benzene rings is 3. The van der Waals surface area contributed by atoms with Gasteiger partial charge in [-0.05, 0) is 88.2 Å². The molecule has 1 saturated heterocycles. The lowest BCUT2D eigenvalue weighted by molar-refractivity contribution is -0.116. The molecule has 1 aliphatic heterocycles. The topological polar surface area (TPSA) is 50.4 Å². The van der Waals surface area contributed by atoms with Crippen LogP contribution in [0.2, 0.25) is 10.0 Å². The van der Waals surface area contributed by atoms with Crippen LogP contribution < -0.4 is 15.4 Å². The van der Waals surface area contributed by atoms with E-state index in [0.717, 1.165) is 26.8 Å². The van der Waals surface area contributed by atoms with Crippen molar-refractivity contribution >= 4 is 75.2 Å². The molecule has 0 bridgehead atoms. The molecule has 0 aromatic heterocycles. The summed E-state index contributed by atoms with van der Waals surface area (Å²) < 4.78 is 7.02. The minimum Gasteiger partial charge on any atom is -0.486 e. The normalized spacial score (nSPS) is 16.7. The quantitative estimate of drug-likeness (QED) is 0.217. The fraction of sp³-hybridized carbons (Fsp3) is 0.160. The van der Waals surface area contributed by atoms with Gasteiger partial charge in [0.25, 0.3) is 5.91 Å². The summed E-state index contributed by atoms with van der Waals surface area (Å²) in [5.74, 6) is 0.284. The van der Waals surface area contributed by atoms with Gasteiger partial charge in [-0.25, -0.2) is 0 Å². The Morgan fingerprint density at radius 2 is 1.70 bits per heavy atom. The lowest BCUT2D eigenvalue weighted by atomic mass is 10.1. The Bertz CT molecular complexity index is 1160. The molecule has 0 radical (unpaired) electrons. The van der Waals surface area contributed by atoms with E-state index in [4.69, 9.17) is 27.9 Å². The second-order valence-corrected chi connectivity index (χ2v) is 10.6. The van der Waals surface area contributed by atoms with Crippen molar-refractivity contribution in [2.24, 2.45) is 0 Å². The number of carbonyl (C=O) groups excluding carboxylic acids is 1. The number of rotatable bonds is 7. The number of thioether (sulfide) groups is 1. The maximum absolute atomic E-state index is 12.5. The van der Waals surface area contributed by atoms with Crippen LogP contribution in [0.5, 0.6) is 5.75 Å². The highest BCUT2D eigenvalue weighted by Gasteiger charge is 2.27. The van der Waals surface area contributed by atoms with Crippen molar-refractivity contribution in [3.05, 3.63) is 95.9 Å². The van der Waals surface area contributed by atoms with Gasteiger partial charge in [0.2, 0.25) is 0 Å². The monoisotopic (exact) mass is 610 g/mol. The van der Waals surface area contributed by atoms with E-state index in [1.807, 2.05) is 36.4 Å². The molecule has 170 valence electrons. The van der Waals surface area contributed by atoms with Gasteiger partial charge in [-0.1, -0.05) is 66.2 Å². The lowest BCUT2D eigenvalue weighted by Crippen LogP contribution is -2.30. The predicted molar refractivity (Wildman–Crippen MR) is 147 cm³/mol. The van der Waals surface area contributed by atoms with Gasteiger partial charge in [-0.15, -0.1) is 0 Å². The average molecular weight is 611 g/mol. The van der Waals surface area contributed by atoms with Crippen LogP contribution in [0.25, 0.3) is 6.08 Å². The Morgan fingerprint density at radius 3 is 2.33 bits per heavy atom. The summed E-state index contributed by atoms with van der Waals surface area (Å²) in [6.07, 6.45) is 2.77. The Labute approximate surface area is 221 Å². The third-order valence-electron chi connectivity index (χ3n) is 5.01. The smallest absolute Gasteiger partial charge is 0.260 e. The summed E-state index contributed by atoms with van der Waals surface area (Å²) >= 11 is 16.6. The van der Waals surface area contributed by atoms with Crippen molar-refractivity contribution < 1.29 is 9.53 Å². The van der Waals surface area contributed by atoms with Crippen LogP contribution in [-0.4, -0.2) is 11.4 Å². The number of anilines is 1. The van der Waals surface area contributed by atoms with Crippen LogP contribution in [0, 0.1) is 3.57 Å². The zero-order chi connectivity index (χ0) is 23.4. The van der Waals surface area contributed by atoms with Gasteiger partial charge in [-0.3, -0.25) is 4.79 Å². The summed E-state index contributed by atoms with van der Waals surface area (Å²) in [6, 6.07) is 19.7. The summed E-state index contributed by atoms with van der Waals surface area (Å²) in [5.41, 5.74) is 3.72. The largest absolute Gasteiger partial charge is 0.486 e. The third-order valence-corrected chi connectivity index (χ3v) is 7.31. The fourth-order valence-corrected chi connectivity index (χ4v) is 5.20. The highest BCUT2D eigenvalue weighted by atomic mass is 127. The Balaban J connectivity index is 1.43. The molecule has 0 unspecified atom stereocenters. The van der Waals surface area contributed by atoms with Gasteiger partial charge < -0.3 is 15.4 Å². The van der Waals surface area contributed by atoms with Crippen molar-refractivity contribution in [3.8, 4) is 5.75 Å². The van der Waals surface area contributed by atoms with Gasteiger partial charge in [0, 0.05) is 9.26 Å². The molecule has 1 aliphatic rings. The summed E-state index contributed by atoms with van der Waals surface area (Å²) in [7, 11) is 0. The number of halogens is 3. The minimum atomic E-state index is -0.251. The first kappa shape index (κ1) is 24.3. The molecule has 1 amide bonds. The first-order valence-electron chi connectivity index (χ1n) is 10.3. The van der Waals surface area contributed by atoms with Crippen molar-refractivity contribution in [1.29, 1.82) is 0 Å². The van der Waals surface area contributed by atoms with E-state index in [2.05, 4.69) is 52.3 Å². The first-order chi connectivity index (χ1) is 15.9. The van der Waals surface area contributed by atoms with Crippen molar-refractivity contribution in [3.63, 3.8) is 0 Å². The highest BCUT2D eigenvalue weighted by molar-refractivity contribution is 14.1. The zero-order valence-electron chi connectivity index (χ0n) is 17.7. The molecule has 0 saturated carbocycles. The average Bonchev–Trinajstić information content (AvgIpc) is 3.13. The summed E-state index contributed by atoms with van der Waals surface area (Å²) in [4.78, 5) is 13.0. The summed E-state index contributed by atoms with van der Waals surface area (Å²) in [6.45, 7) is 2.48. The molecule has 3 aromatic carbocycles. The van der Waals surface area contributed by atoms with Gasteiger partial charge in [0.1, 0.15) is 6.61 Å². The van der Waals surface area contributed by atoms with E-state index in [0.29, 0.717) is 27.3 Å². The molecule has 33 heavy (non-hydrogen) atoms. The van der Waals surface area contributed by atoms with Crippen molar-refractivity contribution in [2.75, 3.05) is 5.32 Å². The van der Waals surface area contributed by atoms with Gasteiger partial charge >= 0.3 is 0 Å². The van der Waals surface area contributed by atoms with E-state index < -0.39 is 0 Å². The van der Waals surface area contributed by atoms with Crippen LogP contribution in [0.1, 0.15) is 23.6 Å². The number of carbonyl (C=O) groups is 1. The maximum atomic E-state index is 12.5. The minimum absolute atomic E-state index is 0.144. The maximum Gasteiger partial charge on any atom is 0.260 e. The molecular weight excluding hydrogens is 590 g/mol. The molecular formula is C25H21Cl2IN2O2S. The van der Waals surface area contributed by atoms with E-state index in [1.54, 1.807) is 18.2 Å². The Morgan fingerprint density at radius 1 is 1.06 bits per heavy atom. The van der Waals surface area contributed by atoms with Crippen molar-refractivity contribution in [1.82, 2.24) is 5.32 Å². The van der Waals surface area contributed by atoms with Crippen LogP contribution >= 0.6 is 57.6 Å². The predicted octanol–water partition coefficient (Wildman–Crippen LogP) is 7.34. The standard InChI is InChI=1S/C25H21Cl2IN2O2S/c1-2-15-5-9-19(10-6-15)29-25-30-24(31)22(33-25)13-17-11-20(26)23(21(27)12-17)32-14-16-3-7-18(28)8-4-16/h3-13,25,29H,2,14H2,1H3,(H,30,31)/b22-13-/t25-/m1/s1. The van der Waals surface area contributed by atoms with E-state index >= 15 is 0 Å². The molecule has 3 aromatic rings. The molecule has 8 heteroatoms. The fourth-order valence-electron chi connectivity index (χ4n) is 3.24. The lowest BCUT2D eigenvalue weighted by Gasteiger charge is -2.13. The van der Waals surface area contributed by atoms with E-state index in [9.17, 15) is 4.79 Å². The Kier molecular flexibility index (Phi) is 8.11. The van der Waals surface area contributed by atoms with Gasteiger partial charge in [0.05, 0.1) is 15.0 Å². The Hall–Kier alpha value is -1.87. The number of aryl methyl sites for hydroxylation is 1. The first-order valence-corrected chi connectivity index (χ1v) is 13.0. The molecule has 0 spiro atoms. The van der Waals surface area contributed by atoms with E-state index in [-0.39, 0.29) is 11.4 Å². The van der Waals surface area contributed by atoms with Crippen LogP contribution in [0.3, 0.4) is 0 Å². The molecule has 4 nitrogen and oxygen atoms in total. The third kappa shape index (κ3) is 6.38. The van der Waals surface area contributed by atoms with E-state index in [1.165, 1.54) is 17.3 Å². The number of hydrogen-bond donors (Lipinski definition) is 2. The zero-order valence-corrected chi connectivity index (χ0v) is 22.2. The van der Waals surface area contributed by atoms with Crippen LogP contribution in [0.4, 0.5) is 5.69 Å². The molecule has 1 atom stereocenters. The second kappa shape index (κ2) is 11.0. The number of ether oxygens (including phenoxy) is 1. The van der Waals surface area contributed by atoms with Gasteiger partial charge in [0.15, 0.2) is 11.2 Å². The second-order valence-electron chi connectivity index (χ2n) is 7.40. The SMILES string of the molecule is CCc1ccc(N[C@@H]2NC(=O)/C(=C/c3cc(Cl)c(OCc4ccc(I)cc4)c(Cl)c3)S2)cc1. The van der Waals surface area contributed by atoms with Crippen LogP contribution in [0.15, 0.2) is 65.6 Å². The molecule has 2 N–H and O–H groups in total. The van der Waals surface area contributed by atoms with Crippen LogP contribution in [-0.2, 0) is 17.8 Å². The highest BCUT2D eigenvalue weighted by Crippen LogP contribution is 2.37. The van der Waals surface area contributed by atoms with Crippen molar-refractivity contribution in [2.45, 2.75) is 25.4 Å². The number of hydrogen-bond acceptors (Lipinski definition) is 4. The number of amides is 1.